The second-order valence-electron chi connectivity index (χ2n) is 4.93. The number of benzene rings is 2. The molecule has 5 nitrogen and oxygen atoms in total. The molecule has 0 atom stereocenters. The van der Waals surface area contributed by atoms with Gasteiger partial charge in [-0.25, -0.2) is 8.42 Å². The highest BCUT2D eigenvalue weighted by molar-refractivity contribution is 9.10. The minimum absolute atomic E-state index is 0.0182. The van der Waals surface area contributed by atoms with Gasteiger partial charge in [0.2, 0.25) is 16.6 Å². The first-order valence-corrected chi connectivity index (χ1v) is 9.77. The van der Waals surface area contributed by atoms with Crippen molar-refractivity contribution >= 4 is 55.0 Å². The molecule has 128 valence electrons. The van der Waals surface area contributed by atoms with Gasteiger partial charge in [0.05, 0.1) is 9.92 Å². The predicted octanol–water partition coefficient (Wildman–Crippen LogP) is 4.82. The minimum Gasteiger partial charge on any atom is -0.454 e. The molecule has 0 spiro atoms. The Kier molecular flexibility index (Phi) is 4.98. The van der Waals surface area contributed by atoms with E-state index in [9.17, 15) is 13.7 Å². The molecule has 0 bridgehead atoms. The lowest BCUT2D eigenvalue weighted by Crippen LogP contribution is -2.04. The summed E-state index contributed by atoms with van der Waals surface area (Å²) in [6, 6.07) is 8.97. The van der Waals surface area contributed by atoms with E-state index in [4.69, 9.17) is 32.7 Å². The van der Waals surface area contributed by atoms with E-state index in [-0.39, 0.29) is 21.7 Å². The fourth-order valence-corrected chi connectivity index (χ4v) is 4.50. The Balaban J connectivity index is 2.13. The van der Waals surface area contributed by atoms with E-state index in [0.717, 1.165) is 0 Å². The quantitative estimate of drug-likeness (QED) is 0.613. The first-order chi connectivity index (χ1) is 11.8. The van der Waals surface area contributed by atoms with Crippen LogP contribution in [0.25, 0.3) is 6.08 Å². The minimum atomic E-state index is -4.14. The Hall–Kier alpha value is -1.72. The van der Waals surface area contributed by atoms with E-state index in [1.165, 1.54) is 24.3 Å². The number of hydrogen-bond acceptors (Lipinski definition) is 5. The molecule has 1 aliphatic rings. The van der Waals surface area contributed by atoms with E-state index >= 15 is 0 Å². The third-order valence-corrected chi connectivity index (χ3v) is 6.43. The summed E-state index contributed by atoms with van der Waals surface area (Å²) in [5, 5.41) is 9.56. The van der Waals surface area contributed by atoms with Crippen LogP contribution in [0.1, 0.15) is 5.56 Å². The molecular weight excluding hydrogens is 453 g/mol. The molecule has 0 saturated heterocycles. The third-order valence-electron chi connectivity index (χ3n) is 3.36. The maximum absolute atomic E-state index is 12.8. The molecule has 3 rings (SSSR count). The second kappa shape index (κ2) is 6.89. The number of sulfone groups is 1. The first kappa shape index (κ1) is 18.1. The summed E-state index contributed by atoms with van der Waals surface area (Å²) in [4.78, 5) is -0.706. The molecule has 1 heterocycles. The molecule has 0 fully saturated rings. The number of halogens is 3. The van der Waals surface area contributed by atoms with Gasteiger partial charge in [-0.2, -0.15) is 5.26 Å². The third kappa shape index (κ3) is 3.48. The average Bonchev–Trinajstić information content (AvgIpc) is 3.01. The molecule has 0 N–H and O–H groups in total. The van der Waals surface area contributed by atoms with Crippen molar-refractivity contribution in [1.29, 1.82) is 5.26 Å². The van der Waals surface area contributed by atoms with Crippen LogP contribution >= 0.6 is 39.1 Å². The van der Waals surface area contributed by atoms with Gasteiger partial charge in [-0.05, 0) is 42.0 Å². The highest BCUT2D eigenvalue weighted by Crippen LogP contribution is 2.38. The van der Waals surface area contributed by atoms with Crippen molar-refractivity contribution in [3.63, 3.8) is 0 Å². The molecule has 2 aromatic carbocycles. The zero-order valence-corrected chi connectivity index (χ0v) is 16.2. The topological polar surface area (TPSA) is 76.4 Å². The van der Waals surface area contributed by atoms with Crippen LogP contribution in [0.2, 0.25) is 10.0 Å². The van der Waals surface area contributed by atoms with Crippen molar-refractivity contribution in [2.45, 2.75) is 4.90 Å². The highest BCUT2D eigenvalue weighted by atomic mass is 79.9. The Labute approximate surface area is 162 Å². The van der Waals surface area contributed by atoms with Gasteiger partial charge < -0.3 is 9.47 Å². The molecule has 0 aromatic heterocycles. The number of nitriles is 1. The molecule has 1 aliphatic heterocycles. The zero-order valence-electron chi connectivity index (χ0n) is 12.3. The van der Waals surface area contributed by atoms with Gasteiger partial charge >= 0.3 is 0 Å². The molecule has 0 amide bonds. The van der Waals surface area contributed by atoms with Crippen LogP contribution in [-0.4, -0.2) is 15.2 Å². The monoisotopic (exact) mass is 459 g/mol. The smallest absolute Gasteiger partial charge is 0.231 e. The molecule has 25 heavy (non-hydrogen) atoms. The van der Waals surface area contributed by atoms with Crippen LogP contribution in [0.3, 0.4) is 0 Å². The summed E-state index contributed by atoms with van der Waals surface area (Å²) < 4.78 is 36.6. The number of fused-ring (bicyclic) bond motifs is 1. The zero-order chi connectivity index (χ0) is 18.2. The SMILES string of the molecule is N#C/C(=C\c1cc2c(cc1Br)OCO2)S(=O)(=O)c1cc(Cl)ccc1Cl. The van der Waals surface area contributed by atoms with Crippen LogP contribution in [0, 0.1) is 11.3 Å². The lowest BCUT2D eigenvalue weighted by Gasteiger charge is -2.07. The maximum Gasteiger partial charge on any atom is 0.231 e. The molecule has 0 aliphatic carbocycles. The second-order valence-corrected chi connectivity index (χ2v) is 8.51. The molecule has 0 saturated carbocycles. The van der Waals surface area contributed by atoms with E-state index in [1.807, 2.05) is 0 Å². The van der Waals surface area contributed by atoms with Crippen molar-refractivity contribution in [1.82, 2.24) is 0 Å². The first-order valence-electron chi connectivity index (χ1n) is 6.74. The summed E-state index contributed by atoms with van der Waals surface area (Å²) in [7, 11) is -4.14. The van der Waals surface area contributed by atoms with E-state index in [2.05, 4.69) is 15.9 Å². The summed E-state index contributed by atoms with van der Waals surface area (Å²) in [5.74, 6) is 0.994. The highest BCUT2D eigenvalue weighted by Gasteiger charge is 2.25. The summed E-state index contributed by atoms with van der Waals surface area (Å²) in [6.45, 7) is 0.0798. The fraction of sp³-hybridized carbons (Fsp3) is 0.0625. The van der Waals surface area contributed by atoms with Crippen LogP contribution in [0.5, 0.6) is 11.5 Å². The Bertz CT molecular complexity index is 1040. The van der Waals surface area contributed by atoms with Gasteiger partial charge in [0.1, 0.15) is 11.0 Å². The van der Waals surface area contributed by atoms with E-state index < -0.39 is 14.7 Å². The molecule has 2 aromatic rings. The van der Waals surface area contributed by atoms with Crippen molar-refractivity contribution in [2.24, 2.45) is 0 Å². The fourth-order valence-electron chi connectivity index (χ4n) is 2.16. The van der Waals surface area contributed by atoms with Crippen molar-refractivity contribution < 1.29 is 17.9 Å². The van der Waals surface area contributed by atoms with Gasteiger partial charge in [0, 0.05) is 9.50 Å². The number of hydrogen-bond donors (Lipinski definition) is 0. The van der Waals surface area contributed by atoms with Crippen LogP contribution < -0.4 is 9.47 Å². The van der Waals surface area contributed by atoms with Gasteiger partial charge in [0.25, 0.3) is 0 Å². The van der Waals surface area contributed by atoms with E-state index in [1.54, 1.807) is 18.2 Å². The number of ether oxygens (including phenoxy) is 2. The lowest BCUT2D eigenvalue weighted by atomic mass is 10.2. The number of nitrogens with zero attached hydrogens (tertiary/aromatic N) is 1. The molecule has 9 heteroatoms. The van der Waals surface area contributed by atoms with Crippen LogP contribution in [0.15, 0.2) is 44.6 Å². The average molecular weight is 461 g/mol. The van der Waals surface area contributed by atoms with Gasteiger partial charge in [-0.15, -0.1) is 0 Å². The normalized spacial score (nSPS) is 13.6. The van der Waals surface area contributed by atoms with Crippen molar-refractivity contribution in [2.75, 3.05) is 6.79 Å². The number of rotatable bonds is 3. The molecule has 0 unspecified atom stereocenters. The van der Waals surface area contributed by atoms with E-state index in [0.29, 0.717) is 21.5 Å². The van der Waals surface area contributed by atoms with Crippen LogP contribution in [-0.2, 0) is 9.84 Å². The molecular formula is C16H8BrCl2NO4S. The van der Waals surface area contributed by atoms with Crippen LogP contribution in [0.4, 0.5) is 0 Å². The summed E-state index contributed by atoms with van der Waals surface area (Å²) in [5.41, 5.74) is 0.447. The Morgan fingerprint density at radius 3 is 2.56 bits per heavy atom. The Morgan fingerprint density at radius 2 is 1.88 bits per heavy atom. The van der Waals surface area contributed by atoms with Crippen molar-refractivity contribution in [3.8, 4) is 17.6 Å². The van der Waals surface area contributed by atoms with Gasteiger partial charge in [-0.1, -0.05) is 39.1 Å². The van der Waals surface area contributed by atoms with Gasteiger partial charge in [-0.3, -0.25) is 0 Å². The van der Waals surface area contributed by atoms with Gasteiger partial charge in [0.15, 0.2) is 11.5 Å². The summed E-state index contributed by atoms with van der Waals surface area (Å²) >= 11 is 15.2. The maximum atomic E-state index is 12.8. The predicted molar refractivity (Wildman–Crippen MR) is 97.5 cm³/mol. The van der Waals surface area contributed by atoms with Crippen molar-refractivity contribution in [3.05, 3.63) is 55.3 Å². The number of allylic oxidation sites excluding steroid dienone is 1. The largest absolute Gasteiger partial charge is 0.454 e. The lowest BCUT2D eigenvalue weighted by molar-refractivity contribution is 0.174. The molecule has 0 radical (unpaired) electrons. The standard InChI is InChI=1S/C16H8BrCl2NO4S/c17-12-6-15-14(23-8-24-15)4-9(12)3-11(7-20)25(21,22)16-5-10(18)1-2-13(16)19/h1-6H,8H2/b11-3+. The Morgan fingerprint density at radius 1 is 1.20 bits per heavy atom. The summed E-state index contributed by atoms with van der Waals surface area (Å²) in [6.07, 6.45) is 1.23.